The molecule has 1 aliphatic rings. The number of carbonyl (C=O) groups is 2. The van der Waals surface area contributed by atoms with Gasteiger partial charge in [-0.05, 0) is 61.0 Å². The summed E-state index contributed by atoms with van der Waals surface area (Å²) in [6.07, 6.45) is 4.15. The summed E-state index contributed by atoms with van der Waals surface area (Å²) in [4.78, 5) is 26.8. The summed E-state index contributed by atoms with van der Waals surface area (Å²) in [7, 11) is 0. The smallest absolute Gasteiger partial charge is 0.341 e. The molecule has 0 saturated heterocycles. The summed E-state index contributed by atoms with van der Waals surface area (Å²) in [6.45, 7) is 10.8. The first-order valence-electron chi connectivity index (χ1n) is 11.3. The van der Waals surface area contributed by atoms with Crippen molar-refractivity contribution in [2.75, 3.05) is 11.9 Å². The Labute approximate surface area is 190 Å². The molecule has 4 nitrogen and oxygen atoms in total. The van der Waals surface area contributed by atoms with Crippen LogP contribution in [0.4, 0.5) is 5.00 Å². The average Bonchev–Trinajstić information content (AvgIpc) is 3.03. The summed E-state index contributed by atoms with van der Waals surface area (Å²) < 4.78 is 5.35. The highest BCUT2D eigenvalue weighted by atomic mass is 32.1. The van der Waals surface area contributed by atoms with Gasteiger partial charge in [0.25, 0.3) is 0 Å². The van der Waals surface area contributed by atoms with Crippen molar-refractivity contribution < 1.29 is 14.3 Å². The minimum absolute atomic E-state index is 0.0273. The first-order chi connectivity index (χ1) is 14.7. The lowest BCUT2D eigenvalue weighted by Gasteiger charge is -2.23. The van der Waals surface area contributed by atoms with Crippen LogP contribution in [0.25, 0.3) is 0 Å². The summed E-state index contributed by atoms with van der Waals surface area (Å²) in [6, 6.07) is 10.5. The number of carbonyl (C=O) groups excluding carboxylic acids is 2. The molecule has 2 aromatic rings. The van der Waals surface area contributed by atoms with E-state index in [2.05, 4.69) is 57.3 Å². The van der Waals surface area contributed by atoms with Crippen LogP contribution in [0.15, 0.2) is 30.3 Å². The average molecular weight is 442 g/mol. The Balaban J connectivity index is 1.81. The van der Waals surface area contributed by atoms with E-state index < -0.39 is 0 Å². The number of nitrogens with one attached hydrogen (secondary N) is 1. The molecule has 0 spiro atoms. The first kappa shape index (κ1) is 23.5. The number of fused-ring (bicyclic) bond motifs is 1. The number of amides is 1. The van der Waals surface area contributed by atoms with Crippen molar-refractivity contribution in [3.8, 4) is 0 Å². The van der Waals surface area contributed by atoms with Gasteiger partial charge in [0.15, 0.2) is 0 Å². The fourth-order valence-corrected chi connectivity index (χ4v) is 6.05. The Bertz CT molecular complexity index is 911. The predicted octanol–water partition coefficient (Wildman–Crippen LogP) is 6.60. The van der Waals surface area contributed by atoms with Gasteiger partial charge in [-0.15, -0.1) is 11.3 Å². The van der Waals surface area contributed by atoms with Gasteiger partial charge in [-0.1, -0.05) is 58.0 Å². The quantitative estimate of drug-likeness (QED) is 0.493. The molecule has 0 aliphatic heterocycles. The zero-order valence-corrected chi connectivity index (χ0v) is 20.2. The van der Waals surface area contributed by atoms with E-state index >= 15 is 0 Å². The number of hydrogen-bond acceptors (Lipinski definition) is 4. The molecule has 5 heteroatoms. The van der Waals surface area contributed by atoms with E-state index in [1.807, 2.05) is 13.0 Å². The molecule has 168 valence electrons. The molecule has 1 amide bonds. The fraction of sp³-hybridized carbons (Fsp3) is 0.538. The van der Waals surface area contributed by atoms with Gasteiger partial charge in [0.1, 0.15) is 5.00 Å². The number of hydrogen-bond donors (Lipinski definition) is 1. The van der Waals surface area contributed by atoms with Crippen molar-refractivity contribution >= 4 is 28.2 Å². The summed E-state index contributed by atoms with van der Waals surface area (Å²) >= 11 is 1.55. The highest BCUT2D eigenvalue weighted by Gasteiger charge is 2.31. The van der Waals surface area contributed by atoms with Crippen LogP contribution >= 0.6 is 11.3 Å². The summed E-state index contributed by atoms with van der Waals surface area (Å²) in [5.74, 6) is 0.373. The molecule has 0 fully saturated rings. The van der Waals surface area contributed by atoms with Crippen LogP contribution in [0.3, 0.4) is 0 Å². The summed E-state index contributed by atoms with van der Waals surface area (Å²) in [5.41, 5.74) is 3.16. The molecular weight excluding hydrogens is 406 g/mol. The topological polar surface area (TPSA) is 55.4 Å². The van der Waals surface area contributed by atoms with E-state index in [4.69, 9.17) is 4.74 Å². The van der Waals surface area contributed by atoms with Gasteiger partial charge in [0.2, 0.25) is 5.91 Å². The van der Waals surface area contributed by atoms with Crippen molar-refractivity contribution in [1.29, 1.82) is 0 Å². The van der Waals surface area contributed by atoms with Crippen LogP contribution in [-0.2, 0) is 22.4 Å². The zero-order chi connectivity index (χ0) is 22.6. The molecule has 3 rings (SSSR count). The second-order valence-corrected chi connectivity index (χ2v) is 11.0. The minimum atomic E-state index is -0.323. The molecule has 0 saturated carbocycles. The van der Waals surface area contributed by atoms with Crippen molar-refractivity contribution in [2.45, 2.75) is 72.6 Å². The maximum absolute atomic E-state index is 12.8. The minimum Gasteiger partial charge on any atom is -0.462 e. The molecule has 1 aromatic carbocycles. The van der Waals surface area contributed by atoms with E-state index in [1.54, 1.807) is 11.3 Å². The molecule has 1 heterocycles. The third kappa shape index (κ3) is 6.19. The predicted molar refractivity (Wildman–Crippen MR) is 128 cm³/mol. The van der Waals surface area contributed by atoms with Crippen LogP contribution in [0.5, 0.6) is 0 Å². The van der Waals surface area contributed by atoms with Gasteiger partial charge >= 0.3 is 5.97 Å². The SMILES string of the molecule is CCOC(=O)c1c(NC(=O)C[C@H](C)CC(C)(C)C)sc2c1CC[C@H](c1ccccc1)C2. The first-order valence-corrected chi connectivity index (χ1v) is 12.2. The normalized spacial score (nSPS) is 17.0. The number of anilines is 1. The molecule has 31 heavy (non-hydrogen) atoms. The largest absolute Gasteiger partial charge is 0.462 e. The van der Waals surface area contributed by atoms with Crippen molar-refractivity contribution in [2.24, 2.45) is 11.3 Å². The second kappa shape index (κ2) is 9.99. The number of thiophene rings is 1. The van der Waals surface area contributed by atoms with E-state index in [9.17, 15) is 9.59 Å². The molecular formula is C26H35NO3S. The van der Waals surface area contributed by atoms with Crippen LogP contribution < -0.4 is 5.32 Å². The van der Waals surface area contributed by atoms with Crippen molar-refractivity contribution in [1.82, 2.24) is 0 Å². The molecule has 1 N–H and O–H groups in total. The maximum atomic E-state index is 12.8. The standard InChI is InChI=1S/C26H35NO3S/c1-6-30-25(29)23-20-13-12-19(18-10-8-7-9-11-18)15-21(20)31-24(23)27-22(28)14-17(2)16-26(3,4)5/h7-11,17,19H,6,12-16H2,1-5H3,(H,27,28)/t17-,19-/m0/s1. The van der Waals surface area contributed by atoms with Gasteiger partial charge in [-0.3, -0.25) is 4.79 Å². The Morgan fingerprint density at radius 1 is 1.23 bits per heavy atom. The van der Waals surface area contributed by atoms with Crippen LogP contribution in [0, 0.1) is 11.3 Å². The lowest BCUT2D eigenvalue weighted by Crippen LogP contribution is -2.20. The number of esters is 1. The molecule has 1 aliphatic carbocycles. The lowest BCUT2D eigenvalue weighted by atomic mass is 9.83. The van der Waals surface area contributed by atoms with Crippen molar-refractivity contribution in [3.63, 3.8) is 0 Å². The molecule has 0 bridgehead atoms. The van der Waals surface area contributed by atoms with E-state index in [1.165, 1.54) is 10.4 Å². The van der Waals surface area contributed by atoms with Crippen LogP contribution in [0.1, 0.15) is 86.2 Å². The molecule has 0 unspecified atom stereocenters. The Morgan fingerprint density at radius 2 is 1.94 bits per heavy atom. The number of ether oxygens (including phenoxy) is 1. The number of rotatable bonds is 7. The fourth-order valence-electron chi connectivity index (χ4n) is 4.71. The Hall–Kier alpha value is -2.14. The number of benzene rings is 1. The highest BCUT2D eigenvalue weighted by molar-refractivity contribution is 7.17. The van der Waals surface area contributed by atoms with E-state index in [0.717, 1.165) is 31.2 Å². The molecule has 0 radical (unpaired) electrons. The van der Waals surface area contributed by atoms with Gasteiger partial charge in [-0.25, -0.2) is 4.79 Å². The molecule has 2 atom stereocenters. The van der Waals surface area contributed by atoms with Gasteiger partial charge in [-0.2, -0.15) is 0 Å². The lowest BCUT2D eigenvalue weighted by molar-refractivity contribution is -0.117. The monoisotopic (exact) mass is 441 g/mol. The van der Waals surface area contributed by atoms with Gasteiger partial charge in [0.05, 0.1) is 12.2 Å². The van der Waals surface area contributed by atoms with Crippen LogP contribution in [-0.4, -0.2) is 18.5 Å². The Morgan fingerprint density at radius 3 is 2.58 bits per heavy atom. The highest BCUT2D eigenvalue weighted by Crippen LogP contribution is 2.43. The van der Waals surface area contributed by atoms with Gasteiger partial charge < -0.3 is 10.1 Å². The summed E-state index contributed by atoms with van der Waals surface area (Å²) in [5, 5.41) is 3.71. The van der Waals surface area contributed by atoms with Gasteiger partial charge in [0, 0.05) is 11.3 Å². The van der Waals surface area contributed by atoms with E-state index in [0.29, 0.717) is 29.5 Å². The third-order valence-corrected chi connectivity index (χ3v) is 6.93. The second-order valence-electron chi connectivity index (χ2n) is 9.90. The Kier molecular flexibility index (Phi) is 7.58. The van der Waals surface area contributed by atoms with Crippen molar-refractivity contribution in [3.05, 3.63) is 51.9 Å². The van der Waals surface area contributed by atoms with Crippen LogP contribution in [0.2, 0.25) is 0 Å². The molecule has 1 aromatic heterocycles. The maximum Gasteiger partial charge on any atom is 0.341 e. The zero-order valence-electron chi connectivity index (χ0n) is 19.4. The van der Waals surface area contributed by atoms with E-state index in [-0.39, 0.29) is 23.2 Å². The third-order valence-electron chi connectivity index (χ3n) is 5.76.